The molecule has 0 aromatic heterocycles. The fraction of sp³-hybridized carbons (Fsp3) is 0.500. The number of aldehydes is 1. The van der Waals surface area contributed by atoms with E-state index in [0.29, 0.717) is 25.9 Å². The monoisotopic (exact) mass is 298 g/mol. The van der Waals surface area contributed by atoms with Crippen LogP contribution in [0.4, 0.5) is 0 Å². The lowest BCUT2D eigenvalue weighted by Gasteiger charge is -2.35. The van der Waals surface area contributed by atoms with E-state index in [-0.39, 0.29) is 15.5 Å². The van der Waals surface area contributed by atoms with Crippen LogP contribution >= 0.6 is 0 Å². The second kappa shape index (κ2) is 5.63. The fourth-order valence-corrected chi connectivity index (χ4v) is 3.51. The standard InChI is InChI=1S/C14H20NO4S/c1-12-3-5-14(6-4-12)20(17,18)19-15(2)9-7-13(11-16)8-10-15/h3-6,11,13H,7-10H2,1-2H3/q+1. The van der Waals surface area contributed by atoms with E-state index in [0.717, 1.165) is 11.8 Å². The molecule has 110 valence electrons. The number of piperidine rings is 1. The molecule has 0 unspecified atom stereocenters. The van der Waals surface area contributed by atoms with E-state index in [1.54, 1.807) is 31.3 Å². The van der Waals surface area contributed by atoms with Gasteiger partial charge in [-0.25, -0.2) is 0 Å². The molecule has 1 aliphatic heterocycles. The van der Waals surface area contributed by atoms with Crippen molar-refractivity contribution in [3.8, 4) is 0 Å². The summed E-state index contributed by atoms with van der Waals surface area (Å²) in [5.41, 5.74) is 0.996. The summed E-state index contributed by atoms with van der Waals surface area (Å²) >= 11 is 0. The van der Waals surface area contributed by atoms with Gasteiger partial charge in [0.25, 0.3) is 0 Å². The Morgan fingerprint density at radius 3 is 2.25 bits per heavy atom. The average Bonchev–Trinajstić information content (AvgIpc) is 2.39. The zero-order valence-electron chi connectivity index (χ0n) is 11.8. The van der Waals surface area contributed by atoms with Crippen molar-refractivity contribution in [1.82, 2.24) is 0 Å². The highest BCUT2D eigenvalue weighted by Gasteiger charge is 2.37. The van der Waals surface area contributed by atoms with Crippen molar-refractivity contribution in [2.75, 3.05) is 20.1 Å². The van der Waals surface area contributed by atoms with Crippen LogP contribution in [0.1, 0.15) is 18.4 Å². The molecule has 5 nitrogen and oxygen atoms in total. The zero-order valence-corrected chi connectivity index (χ0v) is 12.6. The molecule has 1 aromatic rings. The Morgan fingerprint density at radius 2 is 1.75 bits per heavy atom. The van der Waals surface area contributed by atoms with Crippen LogP contribution in [0, 0.1) is 12.8 Å². The first-order valence-electron chi connectivity index (χ1n) is 6.67. The Balaban J connectivity index is 2.12. The highest BCUT2D eigenvalue weighted by atomic mass is 32.2. The van der Waals surface area contributed by atoms with Gasteiger partial charge in [0.15, 0.2) is 0 Å². The first-order chi connectivity index (χ1) is 9.35. The van der Waals surface area contributed by atoms with Crippen LogP contribution < -0.4 is 0 Å². The lowest BCUT2D eigenvalue weighted by Crippen LogP contribution is -2.50. The summed E-state index contributed by atoms with van der Waals surface area (Å²) in [5.74, 6) is 0.0203. The summed E-state index contributed by atoms with van der Waals surface area (Å²) < 4.78 is 29.9. The third kappa shape index (κ3) is 3.45. The third-order valence-electron chi connectivity index (χ3n) is 3.73. The van der Waals surface area contributed by atoms with Crippen LogP contribution in [-0.2, 0) is 19.2 Å². The number of hydrogen-bond donors (Lipinski definition) is 0. The fourth-order valence-electron chi connectivity index (χ4n) is 2.33. The summed E-state index contributed by atoms with van der Waals surface area (Å²) in [6.45, 7) is 2.94. The second-order valence-corrected chi connectivity index (χ2v) is 7.09. The molecule has 0 saturated carbocycles. The van der Waals surface area contributed by atoms with Crippen molar-refractivity contribution >= 4 is 16.4 Å². The summed E-state index contributed by atoms with van der Waals surface area (Å²) in [6, 6.07) is 6.59. The number of nitrogens with zero attached hydrogens (tertiary/aromatic N) is 1. The molecule has 0 N–H and O–H groups in total. The summed E-state index contributed by atoms with van der Waals surface area (Å²) in [6.07, 6.45) is 2.25. The minimum atomic E-state index is -3.78. The predicted molar refractivity (Wildman–Crippen MR) is 74.2 cm³/mol. The van der Waals surface area contributed by atoms with Crippen molar-refractivity contribution in [3.05, 3.63) is 29.8 Å². The molecule has 0 atom stereocenters. The van der Waals surface area contributed by atoms with Crippen LogP contribution in [0.3, 0.4) is 0 Å². The summed E-state index contributed by atoms with van der Waals surface area (Å²) in [7, 11) is -2.03. The number of hydrogen-bond acceptors (Lipinski definition) is 4. The number of benzene rings is 1. The minimum Gasteiger partial charge on any atom is -0.303 e. The van der Waals surface area contributed by atoms with Gasteiger partial charge < -0.3 is 4.79 Å². The number of likely N-dealkylation sites (tertiary alicyclic amines) is 1. The number of carbonyl (C=O) groups is 1. The Bertz CT molecular complexity index is 572. The number of aryl methyl sites for hydroxylation is 1. The molecule has 0 bridgehead atoms. The minimum absolute atomic E-state index is 0.000545. The van der Waals surface area contributed by atoms with E-state index < -0.39 is 10.1 Å². The molecule has 20 heavy (non-hydrogen) atoms. The molecular weight excluding hydrogens is 278 g/mol. The van der Waals surface area contributed by atoms with E-state index >= 15 is 0 Å². The predicted octanol–water partition coefficient (Wildman–Crippen LogP) is 1.67. The molecule has 0 radical (unpaired) electrons. The van der Waals surface area contributed by atoms with E-state index in [1.807, 2.05) is 6.92 Å². The van der Waals surface area contributed by atoms with Gasteiger partial charge in [-0.1, -0.05) is 22.0 Å². The Labute approximate surface area is 119 Å². The largest absolute Gasteiger partial charge is 0.342 e. The number of hydroxylamine groups is 3. The van der Waals surface area contributed by atoms with Crippen LogP contribution in [0.25, 0.3) is 0 Å². The number of quaternary nitrogens is 1. The van der Waals surface area contributed by atoms with E-state index in [4.69, 9.17) is 4.28 Å². The molecule has 2 rings (SSSR count). The molecule has 1 heterocycles. The molecule has 6 heteroatoms. The Hall–Kier alpha value is -1.24. The molecule has 1 fully saturated rings. The van der Waals surface area contributed by atoms with Crippen molar-refractivity contribution in [1.29, 1.82) is 0 Å². The van der Waals surface area contributed by atoms with E-state index in [1.165, 1.54) is 0 Å². The van der Waals surface area contributed by atoms with Gasteiger partial charge in [0, 0.05) is 18.8 Å². The van der Waals surface area contributed by atoms with Crippen LogP contribution in [0.2, 0.25) is 0 Å². The van der Waals surface area contributed by atoms with Crippen molar-refractivity contribution in [3.63, 3.8) is 0 Å². The first kappa shape index (κ1) is 15.2. The molecule has 0 amide bonds. The molecular formula is C14H20NO4S+. The smallest absolute Gasteiger partial charge is 0.303 e. The summed E-state index contributed by atoms with van der Waals surface area (Å²) in [4.78, 5) is 10.9. The highest BCUT2D eigenvalue weighted by Crippen LogP contribution is 2.25. The first-order valence-corrected chi connectivity index (χ1v) is 8.08. The highest BCUT2D eigenvalue weighted by molar-refractivity contribution is 7.86. The van der Waals surface area contributed by atoms with Crippen LogP contribution in [-0.4, -0.2) is 39.5 Å². The third-order valence-corrected chi connectivity index (χ3v) is 5.13. The maximum Gasteiger partial charge on any atom is 0.342 e. The average molecular weight is 298 g/mol. The van der Waals surface area contributed by atoms with Crippen molar-refractivity contribution < 1.29 is 22.1 Å². The van der Waals surface area contributed by atoms with Crippen LogP contribution in [0.15, 0.2) is 29.2 Å². The van der Waals surface area contributed by atoms with Gasteiger partial charge in [-0.05, 0) is 19.1 Å². The van der Waals surface area contributed by atoms with Gasteiger partial charge >= 0.3 is 10.1 Å². The zero-order chi connectivity index (χ0) is 14.8. The topological polar surface area (TPSA) is 60.4 Å². The van der Waals surface area contributed by atoms with Gasteiger partial charge in [0.1, 0.15) is 26.4 Å². The maximum absolute atomic E-state index is 12.3. The lowest BCUT2D eigenvalue weighted by atomic mass is 9.99. The Kier molecular flexibility index (Phi) is 4.27. The second-order valence-electron chi connectivity index (χ2n) is 5.56. The summed E-state index contributed by atoms with van der Waals surface area (Å²) in [5, 5.41) is 0. The Morgan fingerprint density at radius 1 is 1.20 bits per heavy atom. The van der Waals surface area contributed by atoms with Crippen molar-refractivity contribution in [2.45, 2.75) is 24.7 Å². The maximum atomic E-state index is 12.3. The molecule has 0 spiro atoms. The van der Waals surface area contributed by atoms with Gasteiger partial charge in [-0.2, -0.15) is 13.1 Å². The molecule has 1 saturated heterocycles. The van der Waals surface area contributed by atoms with Gasteiger partial charge in [-0.3, -0.25) is 0 Å². The number of rotatable bonds is 4. The van der Waals surface area contributed by atoms with Gasteiger partial charge in [0.05, 0.1) is 4.90 Å². The van der Waals surface area contributed by atoms with Crippen LogP contribution in [0.5, 0.6) is 0 Å². The van der Waals surface area contributed by atoms with Gasteiger partial charge in [0.2, 0.25) is 0 Å². The van der Waals surface area contributed by atoms with E-state index in [2.05, 4.69) is 0 Å². The normalized spacial score (nSPS) is 27.2. The van der Waals surface area contributed by atoms with Crippen molar-refractivity contribution in [2.24, 2.45) is 5.92 Å². The van der Waals surface area contributed by atoms with Gasteiger partial charge in [-0.15, -0.1) is 0 Å². The SMILES string of the molecule is Cc1ccc(S(=O)(=O)O[N+]2(C)CCC(C=O)CC2)cc1. The lowest BCUT2D eigenvalue weighted by molar-refractivity contribution is -1.07. The molecule has 1 aliphatic rings. The van der Waals surface area contributed by atoms with E-state index in [9.17, 15) is 13.2 Å². The quantitative estimate of drug-likeness (QED) is 0.626. The number of carbonyl (C=O) groups excluding carboxylic acids is 1. The molecule has 0 aliphatic carbocycles. The molecule has 1 aromatic carbocycles.